The van der Waals surface area contributed by atoms with Gasteiger partial charge in [0.1, 0.15) is 6.20 Å². The first-order chi connectivity index (χ1) is 5.47. The third-order valence-corrected chi connectivity index (χ3v) is 2.44. The van der Waals surface area contributed by atoms with Crippen LogP contribution in [-0.4, -0.2) is 31.3 Å². The van der Waals surface area contributed by atoms with Crippen LogP contribution in [0.25, 0.3) is 0 Å². The van der Waals surface area contributed by atoms with Crippen LogP contribution in [-0.2, 0) is 4.74 Å². The molecule has 0 amide bonds. The van der Waals surface area contributed by atoms with E-state index >= 15 is 0 Å². The number of hydrogen-bond acceptors (Lipinski definition) is 4. The molecule has 1 aliphatic rings. The maximum Gasteiger partial charge on any atom is 0.186 e. The molecule has 11 heavy (non-hydrogen) atoms. The van der Waals surface area contributed by atoms with E-state index in [-0.39, 0.29) is 0 Å². The number of anilines is 1. The van der Waals surface area contributed by atoms with Crippen LogP contribution in [0.5, 0.6) is 0 Å². The van der Waals surface area contributed by atoms with Crippen molar-refractivity contribution in [1.29, 1.82) is 0 Å². The molecule has 0 unspecified atom stereocenters. The number of thiazole rings is 1. The van der Waals surface area contributed by atoms with Gasteiger partial charge in [-0.25, -0.2) is 4.98 Å². The quantitative estimate of drug-likeness (QED) is 0.621. The highest BCUT2D eigenvalue weighted by Crippen LogP contribution is 2.17. The second-order valence-corrected chi connectivity index (χ2v) is 3.20. The third kappa shape index (κ3) is 1.52. The van der Waals surface area contributed by atoms with Gasteiger partial charge >= 0.3 is 0 Å². The van der Waals surface area contributed by atoms with Crippen molar-refractivity contribution >= 4 is 16.5 Å². The largest absolute Gasteiger partial charge is 0.378 e. The Morgan fingerprint density at radius 3 is 3.00 bits per heavy atom. The Hall–Kier alpha value is -0.610. The topological polar surface area (TPSA) is 25.4 Å². The van der Waals surface area contributed by atoms with Crippen LogP contribution in [0.1, 0.15) is 0 Å². The first-order valence-electron chi connectivity index (χ1n) is 3.61. The van der Waals surface area contributed by atoms with Crippen molar-refractivity contribution in [2.24, 2.45) is 0 Å². The number of morpholine rings is 1. The van der Waals surface area contributed by atoms with Crippen molar-refractivity contribution < 1.29 is 4.74 Å². The molecule has 0 atom stereocenters. The van der Waals surface area contributed by atoms with E-state index < -0.39 is 0 Å². The van der Waals surface area contributed by atoms with Gasteiger partial charge in [0.05, 0.1) is 13.2 Å². The molecule has 1 aromatic rings. The van der Waals surface area contributed by atoms with Crippen LogP contribution in [0.2, 0.25) is 0 Å². The van der Waals surface area contributed by atoms with E-state index in [9.17, 15) is 0 Å². The van der Waals surface area contributed by atoms with Gasteiger partial charge in [0.15, 0.2) is 5.13 Å². The molecule has 0 aromatic carbocycles. The number of rotatable bonds is 1. The summed E-state index contributed by atoms with van der Waals surface area (Å²) in [6.45, 7) is 3.56. The summed E-state index contributed by atoms with van der Waals surface area (Å²) in [5, 5.41) is 2.94. The molecule has 2 heterocycles. The Morgan fingerprint density at radius 1 is 1.55 bits per heavy atom. The molecule has 1 fully saturated rings. The number of nitrogens with zero attached hydrogens (tertiary/aromatic N) is 2. The van der Waals surface area contributed by atoms with Gasteiger partial charge in [0.2, 0.25) is 0 Å². The van der Waals surface area contributed by atoms with Crippen molar-refractivity contribution in [3.05, 3.63) is 11.6 Å². The molecule has 1 radical (unpaired) electrons. The Labute approximate surface area is 69.6 Å². The van der Waals surface area contributed by atoms with Crippen LogP contribution in [0.4, 0.5) is 5.13 Å². The van der Waals surface area contributed by atoms with Gasteiger partial charge in [-0.1, -0.05) is 0 Å². The summed E-state index contributed by atoms with van der Waals surface area (Å²) in [5.74, 6) is 0. The van der Waals surface area contributed by atoms with Crippen LogP contribution < -0.4 is 4.90 Å². The summed E-state index contributed by atoms with van der Waals surface area (Å²) in [7, 11) is 0. The Bertz CT molecular complexity index is 206. The van der Waals surface area contributed by atoms with Gasteiger partial charge < -0.3 is 9.64 Å². The number of hydrogen-bond donors (Lipinski definition) is 0. The Balaban J connectivity index is 2.04. The molecular formula is C7H9N2OS. The van der Waals surface area contributed by atoms with Crippen LogP contribution in [0.3, 0.4) is 0 Å². The van der Waals surface area contributed by atoms with Gasteiger partial charge in [0, 0.05) is 18.5 Å². The summed E-state index contributed by atoms with van der Waals surface area (Å²) >= 11 is 1.63. The van der Waals surface area contributed by atoms with Crippen molar-refractivity contribution in [1.82, 2.24) is 4.98 Å². The lowest BCUT2D eigenvalue weighted by Gasteiger charge is -2.25. The van der Waals surface area contributed by atoms with E-state index in [1.165, 1.54) is 0 Å². The highest BCUT2D eigenvalue weighted by molar-refractivity contribution is 7.13. The molecule has 1 saturated heterocycles. The minimum atomic E-state index is 0.819. The van der Waals surface area contributed by atoms with Gasteiger partial charge in [-0.2, -0.15) is 0 Å². The normalized spacial score (nSPS) is 18.7. The zero-order valence-electron chi connectivity index (χ0n) is 6.12. The lowest BCUT2D eigenvalue weighted by Crippen LogP contribution is -2.36. The van der Waals surface area contributed by atoms with E-state index in [0.29, 0.717) is 0 Å². The monoisotopic (exact) mass is 169 g/mol. The van der Waals surface area contributed by atoms with Crippen molar-refractivity contribution in [2.45, 2.75) is 0 Å². The average molecular weight is 169 g/mol. The molecule has 0 bridgehead atoms. The number of ether oxygens (including phenoxy) is 1. The first-order valence-corrected chi connectivity index (χ1v) is 4.49. The second-order valence-electron chi connectivity index (χ2n) is 2.36. The molecule has 1 aliphatic heterocycles. The van der Waals surface area contributed by atoms with Gasteiger partial charge in [0.25, 0.3) is 0 Å². The first kappa shape index (κ1) is 7.06. The fraction of sp³-hybridized carbons (Fsp3) is 0.571. The average Bonchev–Trinajstić information content (AvgIpc) is 2.58. The summed E-state index contributed by atoms with van der Waals surface area (Å²) in [6.07, 6.45) is 2.81. The zero-order valence-corrected chi connectivity index (χ0v) is 6.93. The zero-order chi connectivity index (χ0) is 7.52. The minimum absolute atomic E-state index is 0.819. The van der Waals surface area contributed by atoms with Crippen LogP contribution in [0.15, 0.2) is 5.38 Å². The summed E-state index contributed by atoms with van der Waals surface area (Å²) < 4.78 is 5.22. The predicted octanol–water partition coefficient (Wildman–Crippen LogP) is 0.780. The third-order valence-electron chi connectivity index (χ3n) is 1.66. The van der Waals surface area contributed by atoms with Crippen LogP contribution >= 0.6 is 11.3 Å². The molecule has 0 saturated carbocycles. The smallest absolute Gasteiger partial charge is 0.186 e. The SMILES string of the molecule is [c]1csc(N2CCOCC2)n1. The summed E-state index contributed by atoms with van der Waals surface area (Å²) in [4.78, 5) is 6.33. The van der Waals surface area contributed by atoms with E-state index in [1.807, 2.05) is 5.38 Å². The fourth-order valence-electron chi connectivity index (χ4n) is 1.09. The molecule has 0 aliphatic carbocycles. The van der Waals surface area contributed by atoms with Crippen molar-refractivity contribution in [3.8, 4) is 0 Å². The maximum absolute atomic E-state index is 5.22. The maximum atomic E-state index is 5.22. The second kappa shape index (κ2) is 3.19. The minimum Gasteiger partial charge on any atom is -0.378 e. The molecule has 3 nitrogen and oxygen atoms in total. The molecule has 2 rings (SSSR count). The molecule has 59 valence electrons. The number of aromatic nitrogens is 1. The lowest BCUT2D eigenvalue weighted by molar-refractivity contribution is 0.122. The van der Waals surface area contributed by atoms with Crippen molar-refractivity contribution in [3.63, 3.8) is 0 Å². The van der Waals surface area contributed by atoms with E-state index in [2.05, 4.69) is 16.1 Å². The predicted molar refractivity (Wildman–Crippen MR) is 44.0 cm³/mol. The van der Waals surface area contributed by atoms with Gasteiger partial charge in [-0.15, -0.1) is 11.3 Å². The van der Waals surface area contributed by atoms with E-state index in [1.54, 1.807) is 11.3 Å². The summed E-state index contributed by atoms with van der Waals surface area (Å²) in [5.41, 5.74) is 0. The molecule has 0 N–H and O–H groups in total. The van der Waals surface area contributed by atoms with Gasteiger partial charge in [-0.05, 0) is 0 Å². The molecule has 1 aromatic heterocycles. The molecular weight excluding hydrogens is 160 g/mol. The van der Waals surface area contributed by atoms with E-state index in [0.717, 1.165) is 31.4 Å². The van der Waals surface area contributed by atoms with E-state index in [4.69, 9.17) is 4.74 Å². The molecule has 0 spiro atoms. The highest BCUT2D eigenvalue weighted by Gasteiger charge is 2.12. The molecule has 4 heteroatoms. The Kier molecular flexibility index (Phi) is 2.05. The lowest BCUT2D eigenvalue weighted by atomic mass is 10.5. The fourth-order valence-corrected chi connectivity index (χ4v) is 1.73. The highest BCUT2D eigenvalue weighted by atomic mass is 32.1. The Morgan fingerprint density at radius 2 is 2.36 bits per heavy atom. The standard InChI is InChI=1S/C7H9N2OS/c1-6-11-7(8-1)9-2-4-10-5-3-9/h6H,2-5H2. The van der Waals surface area contributed by atoms with Crippen molar-refractivity contribution in [2.75, 3.05) is 31.2 Å². The van der Waals surface area contributed by atoms with Gasteiger partial charge in [-0.3, -0.25) is 0 Å². The summed E-state index contributed by atoms with van der Waals surface area (Å²) in [6, 6.07) is 0. The van der Waals surface area contributed by atoms with Crippen LogP contribution in [0, 0.1) is 6.20 Å².